The van der Waals surface area contributed by atoms with Gasteiger partial charge < -0.3 is 4.74 Å². The summed E-state index contributed by atoms with van der Waals surface area (Å²) in [6, 6.07) is 0. The predicted octanol–water partition coefficient (Wildman–Crippen LogP) is 1.86. The highest BCUT2D eigenvalue weighted by atomic mass is 16.5. The van der Waals surface area contributed by atoms with E-state index >= 15 is 0 Å². The summed E-state index contributed by atoms with van der Waals surface area (Å²) in [6.07, 6.45) is 5.96. The lowest BCUT2D eigenvalue weighted by Gasteiger charge is -2.04. The number of carbonyl (C=O) groups excluding carboxylic acids is 1. The first-order valence-electron chi connectivity index (χ1n) is 3.97. The quantitative estimate of drug-likeness (QED) is 0.414. The standard InChI is InChI=1S/C9H15O2/c1-3-5-6-7-11-9(4-2)8-10/h4,9H,2-3,5-7H2,1H3. The minimum atomic E-state index is -0.535. The van der Waals surface area contributed by atoms with Gasteiger partial charge in [-0.1, -0.05) is 25.8 Å². The topological polar surface area (TPSA) is 26.3 Å². The van der Waals surface area contributed by atoms with Crippen LogP contribution in [0.2, 0.25) is 0 Å². The van der Waals surface area contributed by atoms with Gasteiger partial charge in [-0.05, 0) is 6.42 Å². The van der Waals surface area contributed by atoms with Crippen LogP contribution in [0.5, 0.6) is 0 Å². The summed E-state index contributed by atoms with van der Waals surface area (Å²) in [6.45, 7) is 6.19. The molecule has 0 N–H and O–H groups in total. The lowest BCUT2D eigenvalue weighted by Crippen LogP contribution is -2.11. The van der Waals surface area contributed by atoms with Crippen LogP contribution in [0, 0.1) is 0 Å². The summed E-state index contributed by atoms with van der Waals surface area (Å²) in [5, 5.41) is 0. The van der Waals surface area contributed by atoms with Gasteiger partial charge in [0.1, 0.15) is 6.10 Å². The molecule has 0 heterocycles. The van der Waals surface area contributed by atoms with Gasteiger partial charge in [0.25, 0.3) is 0 Å². The maximum Gasteiger partial charge on any atom is 0.234 e. The van der Waals surface area contributed by atoms with Crippen LogP contribution >= 0.6 is 0 Å². The molecule has 0 aliphatic rings. The van der Waals surface area contributed by atoms with Gasteiger partial charge in [0, 0.05) is 6.61 Å². The van der Waals surface area contributed by atoms with E-state index in [1.165, 1.54) is 6.08 Å². The molecule has 63 valence electrons. The number of rotatable bonds is 7. The van der Waals surface area contributed by atoms with Crippen LogP contribution in [0.15, 0.2) is 12.7 Å². The second-order valence-electron chi connectivity index (χ2n) is 2.35. The summed E-state index contributed by atoms with van der Waals surface area (Å²) >= 11 is 0. The van der Waals surface area contributed by atoms with Crippen LogP contribution in [0.4, 0.5) is 0 Å². The summed E-state index contributed by atoms with van der Waals surface area (Å²) < 4.78 is 5.10. The average molecular weight is 155 g/mol. The Bertz CT molecular complexity index is 102. The van der Waals surface area contributed by atoms with Gasteiger partial charge in [0.2, 0.25) is 6.29 Å². The first kappa shape index (κ1) is 10.4. The fourth-order valence-electron chi connectivity index (χ4n) is 0.713. The highest BCUT2D eigenvalue weighted by molar-refractivity contribution is 5.59. The monoisotopic (exact) mass is 155 g/mol. The summed E-state index contributed by atoms with van der Waals surface area (Å²) in [5.41, 5.74) is 0. The number of unbranched alkanes of at least 4 members (excludes halogenated alkanes) is 2. The van der Waals surface area contributed by atoms with Crippen LogP contribution in [0.1, 0.15) is 26.2 Å². The van der Waals surface area contributed by atoms with Crippen LogP contribution in [-0.2, 0) is 9.53 Å². The van der Waals surface area contributed by atoms with Gasteiger partial charge in [-0.2, -0.15) is 0 Å². The Kier molecular flexibility index (Phi) is 7.05. The van der Waals surface area contributed by atoms with Crippen molar-refractivity contribution in [1.82, 2.24) is 0 Å². The van der Waals surface area contributed by atoms with E-state index in [4.69, 9.17) is 4.74 Å². The van der Waals surface area contributed by atoms with Gasteiger partial charge >= 0.3 is 0 Å². The molecule has 0 fully saturated rings. The number of hydrogen-bond acceptors (Lipinski definition) is 2. The first-order chi connectivity index (χ1) is 5.35. The lowest BCUT2D eigenvalue weighted by molar-refractivity contribution is 0.121. The van der Waals surface area contributed by atoms with E-state index in [9.17, 15) is 4.79 Å². The molecule has 1 unspecified atom stereocenters. The zero-order chi connectivity index (χ0) is 8.53. The Morgan fingerprint density at radius 2 is 2.36 bits per heavy atom. The maximum absolute atomic E-state index is 10.1. The number of hydrogen-bond donors (Lipinski definition) is 0. The van der Waals surface area contributed by atoms with E-state index in [0.29, 0.717) is 6.61 Å². The Labute approximate surface area is 68.2 Å². The minimum Gasteiger partial charge on any atom is -0.366 e. The van der Waals surface area contributed by atoms with Gasteiger partial charge in [0.15, 0.2) is 0 Å². The molecule has 2 nitrogen and oxygen atoms in total. The highest BCUT2D eigenvalue weighted by Crippen LogP contribution is 1.96. The van der Waals surface area contributed by atoms with Crippen LogP contribution < -0.4 is 0 Å². The van der Waals surface area contributed by atoms with Gasteiger partial charge in [-0.15, -0.1) is 6.58 Å². The van der Waals surface area contributed by atoms with E-state index in [1.807, 2.05) is 0 Å². The Morgan fingerprint density at radius 1 is 1.64 bits per heavy atom. The molecule has 0 amide bonds. The number of ether oxygens (including phenoxy) is 1. The molecule has 0 rings (SSSR count). The van der Waals surface area contributed by atoms with Crippen LogP contribution in [0.3, 0.4) is 0 Å². The molecule has 0 aromatic heterocycles. The van der Waals surface area contributed by atoms with Gasteiger partial charge in [0.05, 0.1) is 0 Å². The molecule has 0 aromatic carbocycles. The Hall–Kier alpha value is -0.630. The van der Waals surface area contributed by atoms with Crippen molar-refractivity contribution in [1.29, 1.82) is 0 Å². The second kappa shape index (κ2) is 7.48. The summed E-state index contributed by atoms with van der Waals surface area (Å²) in [5.74, 6) is 0. The molecule has 2 heteroatoms. The third-order valence-electron chi connectivity index (χ3n) is 1.38. The van der Waals surface area contributed by atoms with E-state index in [-0.39, 0.29) is 0 Å². The molecule has 0 saturated heterocycles. The molecule has 0 bridgehead atoms. The van der Waals surface area contributed by atoms with Gasteiger partial charge in [-0.25, -0.2) is 0 Å². The summed E-state index contributed by atoms with van der Waals surface area (Å²) in [4.78, 5) is 10.1. The fourth-order valence-corrected chi connectivity index (χ4v) is 0.713. The van der Waals surface area contributed by atoms with E-state index < -0.39 is 6.10 Å². The maximum atomic E-state index is 10.1. The Balaban J connectivity index is 3.21. The predicted molar refractivity (Wildman–Crippen MR) is 45.2 cm³/mol. The molecule has 1 atom stereocenters. The zero-order valence-electron chi connectivity index (χ0n) is 7.01. The molecule has 0 saturated carbocycles. The van der Waals surface area contributed by atoms with Crippen molar-refractivity contribution >= 4 is 6.29 Å². The molecular formula is C9H15O2. The third kappa shape index (κ3) is 5.80. The van der Waals surface area contributed by atoms with Crippen molar-refractivity contribution in [2.45, 2.75) is 32.3 Å². The largest absolute Gasteiger partial charge is 0.366 e. The summed E-state index contributed by atoms with van der Waals surface area (Å²) in [7, 11) is 0. The van der Waals surface area contributed by atoms with Crippen molar-refractivity contribution in [3.8, 4) is 0 Å². The van der Waals surface area contributed by atoms with E-state index in [1.54, 1.807) is 6.29 Å². The smallest absolute Gasteiger partial charge is 0.234 e. The fraction of sp³-hybridized carbons (Fsp3) is 0.667. The van der Waals surface area contributed by atoms with Crippen LogP contribution in [0.25, 0.3) is 0 Å². The van der Waals surface area contributed by atoms with Crippen molar-refractivity contribution in [2.24, 2.45) is 0 Å². The molecule has 0 aliphatic heterocycles. The van der Waals surface area contributed by atoms with Crippen molar-refractivity contribution in [3.05, 3.63) is 12.7 Å². The molecular weight excluding hydrogens is 140 g/mol. The molecule has 11 heavy (non-hydrogen) atoms. The molecule has 1 radical (unpaired) electrons. The zero-order valence-corrected chi connectivity index (χ0v) is 7.01. The SMILES string of the molecule is C=CC([C]=O)OCCCCC. The van der Waals surface area contributed by atoms with Crippen LogP contribution in [-0.4, -0.2) is 19.0 Å². The van der Waals surface area contributed by atoms with Crippen molar-refractivity contribution in [2.75, 3.05) is 6.61 Å². The Morgan fingerprint density at radius 3 is 2.82 bits per heavy atom. The van der Waals surface area contributed by atoms with Crippen molar-refractivity contribution in [3.63, 3.8) is 0 Å². The minimum absolute atomic E-state index is 0.535. The highest BCUT2D eigenvalue weighted by Gasteiger charge is 2.00. The lowest BCUT2D eigenvalue weighted by atomic mass is 10.3. The molecule has 0 aromatic rings. The first-order valence-corrected chi connectivity index (χ1v) is 3.97. The van der Waals surface area contributed by atoms with Crippen molar-refractivity contribution < 1.29 is 9.53 Å². The average Bonchev–Trinajstić information content (AvgIpc) is 2.05. The second-order valence-corrected chi connectivity index (χ2v) is 2.35. The van der Waals surface area contributed by atoms with E-state index in [2.05, 4.69) is 13.5 Å². The normalized spacial score (nSPS) is 12.5. The van der Waals surface area contributed by atoms with Gasteiger partial charge in [-0.3, -0.25) is 4.79 Å². The third-order valence-corrected chi connectivity index (χ3v) is 1.38. The molecule has 0 aliphatic carbocycles. The van der Waals surface area contributed by atoms with E-state index in [0.717, 1.165) is 19.3 Å². The molecule has 0 spiro atoms.